The first-order valence-corrected chi connectivity index (χ1v) is 7.14. The molecule has 1 rings (SSSR count). The smallest absolute Gasteiger partial charge is 0.155 e. The first-order valence-electron chi connectivity index (χ1n) is 4.36. The summed E-state index contributed by atoms with van der Waals surface area (Å²) in [5, 5.41) is 1.34. The van der Waals surface area contributed by atoms with E-state index < -0.39 is 0 Å². The number of rotatable bonds is 1. The van der Waals surface area contributed by atoms with E-state index in [0.29, 0.717) is 0 Å². The first kappa shape index (κ1) is 10.6. The highest BCUT2D eigenvalue weighted by Crippen LogP contribution is 2.42. The normalized spacial score (nSPS) is 45.5. The van der Waals surface area contributed by atoms with Gasteiger partial charge >= 0.3 is 0 Å². The van der Waals surface area contributed by atoms with Crippen LogP contribution in [-0.2, 0) is 0 Å². The molecule has 0 N–H and O–H groups in total. The van der Waals surface area contributed by atoms with Crippen LogP contribution >= 0.6 is 45.0 Å². The fourth-order valence-corrected chi connectivity index (χ4v) is 5.55. The molecule has 0 aromatic heterocycles. The summed E-state index contributed by atoms with van der Waals surface area (Å²) in [6.07, 6.45) is 2.89. The van der Waals surface area contributed by atoms with Crippen molar-refractivity contribution in [2.75, 3.05) is 0 Å². The van der Waals surface area contributed by atoms with E-state index in [-0.39, 0.29) is 0 Å². The van der Waals surface area contributed by atoms with Gasteiger partial charge in [-0.2, -0.15) is 22.4 Å². The van der Waals surface area contributed by atoms with Crippen molar-refractivity contribution in [1.29, 1.82) is 0 Å². The van der Waals surface area contributed by atoms with Crippen LogP contribution in [0.3, 0.4) is 0 Å². The minimum absolute atomic E-state index is 0.940. The van der Waals surface area contributed by atoms with Gasteiger partial charge in [-0.3, -0.25) is 0 Å². The van der Waals surface area contributed by atoms with Crippen molar-refractivity contribution in [3.63, 3.8) is 0 Å². The van der Waals surface area contributed by atoms with Gasteiger partial charge in [0, 0.05) is 3.92 Å². The van der Waals surface area contributed by atoms with Gasteiger partial charge in [0.15, 0.2) is 0 Å². The van der Waals surface area contributed by atoms with Crippen molar-refractivity contribution >= 4 is 50.1 Å². The molecule has 0 aromatic rings. The average Bonchev–Trinajstić information content (AvgIpc) is 1.99. The Morgan fingerprint density at radius 3 is 2.36 bits per heavy atom. The Hall–Kier alpha value is 1.52. The molecule has 3 heteroatoms. The van der Waals surface area contributed by atoms with E-state index in [4.69, 9.17) is 0 Å². The van der Waals surface area contributed by atoms with E-state index >= 15 is 0 Å². The molecule has 0 nitrogen and oxygen atoms in total. The highest BCUT2D eigenvalue weighted by atomic mass is 127. The van der Waals surface area contributed by atoms with E-state index in [9.17, 15) is 0 Å². The summed E-state index contributed by atoms with van der Waals surface area (Å²) in [7, 11) is 0. The lowest BCUT2D eigenvalue weighted by atomic mass is 9.65. The molecule has 0 radical (unpaired) electrons. The number of hydrogen-bond acceptors (Lipinski definition) is 0. The van der Waals surface area contributed by atoms with E-state index in [1.54, 1.807) is 0 Å². The van der Waals surface area contributed by atoms with Crippen molar-refractivity contribution < 1.29 is 0 Å². The fraction of sp³-hybridized carbons (Fsp3) is 1.00. The van der Waals surface area contributed by atoms with Crippen LogP contribution in [0.2, 0.25) is 5.82 Å². The summed E-state index contributed by atoms with van der Waals surface area (Å²) in [5.41, 5.74) is 0. The van der Waals surface area contributed by atoms with Gasteiger partial charge in [-0.05, 0) is 30.5 Å². The van der Waals surface area contributed by atoms with Gasteiger partial charge in [0.25, 0.3) is 0 Å². The van der Waals surface area contributed by atoms with Gasteiger partial charge < -0.3 is 0 Å². The molecule has 11 heavy (non-hydrogen) atoms. The largest absolute Gasteiger partial charge is 0.204 e. The number of alkyl halides is 1. The molecule has 1 aliphatic rings. The second kappa shape index (κ2) is 4.68. The van der Waals surface area contributed by atoms with Crippen molar-refractivity contribution in [2.45, 2.75) is 36.4 Å². The molecule has 4 atom stereocenters. The molecule has 1 fully saturated rings. The number of halogens is 2. The van der Waals surface area contributed by atoms with Gasteiger partial charge in [0.05, 0.1) is 0 Å². The van der Waals surface area contributed by atoms with E-state index in [1.807, 2.05) is 0 Å². The second-order valence-corrected chi connectivity index (χ2v) is 6.23. The molecule has 1 aliphatic carbocycles. The lowest BCUT2D eigenvalue weighted by molar-refractivity contribution is 0.289. The van der Waals surface area contributed by atoms with Gasteiger partial charge in [0.2, 0.25) is 5.14 Å². The zero-order chi connectivity index (χ0) is 8.43. The minimum Gasteiger partial charge on any atom is -0.155 e. The Morgan fingerprint density at radius 2 is 1.91 bits per heavy atom. The highest BCUT2D eigenvalue weighted by Gasteiger charge is 2.32. The van der Waals surface area contributed by atoms with Crippen molar-refractivity contribution in [3.8, 4) is 0 Å². The van der Waals surface area contributed by atoms with Crippen LogP contribution in [0, 0.1) is 11.8 Å². The Morgan fingerprint density at radius 1 is 1.27 bits per heavy atom. The Bertz CT molecular complexity index is 129. The Balaban J connectivity index is 2.55. The standard InChI is InChI=1S/C8H15BI2/c1-5-3-4-7(10)8(9-11)6(5)2/h5-9H,3-4H2,1-2H3/t5?,6-,7?,8?/m0/s1. The van der Waals surface area contributed by atoms with E-state index in [1.165, 1.54) is 18.0 Å². The summed E-state index contributed by atoms with van der Waals surface area (Å²) in [4.78, 5) is 0. The lowest BCUT2D eigenvalue weighted by Crippen LogP contribution is -2.29. The highest BCUT2D eigenvalue weighted by molar-refractivity contribution is 14.1. The van der Waals surface area contributed by atoms with Gasteiger partial charge in [-0.1, -0.05) is 36.4 Å². The van der Waals surface area contributed by atoms with Gasteiger partial charge in [-0.15, -0.1) is 0 Å². The van der Waals surface area contributed by atoms with Crippen LogP contribution in [0.1, 0.15) is 26.7 Å². The summed E-state index contributed by atoms with van der Waals surface area (Å²) < 4.78 is 0.940. The minimum atomic E-state index is 0.940. The molecular weight excluding hydrogens is 361 g/mol. The molecule has 0 saturated heterocycles. The first-order chi connectivity index (χ1) is 5.16. The number of hydrogen-bond donors (Lipinski definition) is 0. The summed E-state index contributed by atoms with van der Waals surface area (Å²) in [6, 6.07) is 0. The van der Waals surface area contributed by atoms with Gasteiger partial charge in [-0.25, -0.2) is 0 Å². The molecule has 0 aliphatic heterocycles. The van der Waals surface area contributed by atoms with E-state index in [0.717, 1.165) is 21.6 Å². The van der Waals surface area contributed by atoms with E-state index in [2.05, 4.69) is 58.8 Å². The molecule has 1 saturated carbocycles. The molecule has 0 spiro atoms. The molecule has 3 unspecified atom stereocenters. The second-order valence-electron chi connectivity index (χ2n) is 3.75. The van der Waals surface area contributed by atoms with Crippen LogP contribution < -0.4 is 0 Å². The zero-order valence-electron chi connectivity index (χ0n) is 7.19. The quantitative estimate of drug-likeness (QED) is 0.374. The maximum Gasteiger partial charge on any atom is 0.204 e. The van der Waals surface area contributed by atoms with Crippen LogP contribution in [0.5, 0.6) is 0 Å². The van der Waals surface area contributed by atoms with Gasteiger partial charge in [0.1, 0.15) is 0 Å². The summed E-state index contributed by atoms with van der Waals surface area (Å²) in [5.74, 6) is 2.88. The third kappa shape index (κ3) is 2.48. The van der Waals surface area contributed by atoms with Crippen LogP contribution in [-0.4, -0.2) is 9.06 Å². The summed E-state index contributed by atoms with van der Waals surface area (Å²) >= 11 is 5.18. The predicted octanol–water partition coefficient (Wildman–Crippen LogP) is 3.43. The average molecular weight is 376 g/mol. The maximum atomic E-state index is 2.64. The topological polar surface area (TPSA) is 0 Å². The molecule has 0 heterocycles. The molecule has 0 aromatic carbocycles. The SMILES string of the molecule is CC1CCC(I)C(BI)[C@H]1C. The van der Waals surface area contributed by atoms with Crippen molar-refractivity contribution in [1.82, 2.24) is 0 Å². The summed E-state index contributed by atoms with van der Waals surface area (Å²) in [6.45, 7) is 4.84. The van der Waals surface area contributed by atoms with Crippen LogP contribution in [0.15, 0.2) is 0 Å². The third-order valence-corrected chi connectivity index (χ3v) is 5.68. The monoisotopic (exact) mass is 376 g/mol. The molecule has 0 bridgehead atoms. The predicted molar refractivity (Wildman–Crippen MR) is 70.3 cm³/mol. The Kier molecular flexibility index (Phi) is 4.51. The Labute approximate surface area is 97.5 Å². The zero-order valence-corrected chi connectivity index (χ0v) is 11.5. The molecule has 0 amide bonds. The van der Waals surface area contributed by atoms with Crippen LogP contribution in [0.4, 0.5) is 0 Å². The van der Waals surface area contributed by atoms with Crippen molar-refractivity contribution in [2.24, 2.45) is 11.8 Å². The lowest BCUT2D eigenvalue weighted by Gasteiger charge is -2.36. The third-order valence-electron chi connectivity index (χ3n) is 3.11. The van der Waals surface area contributed by atoms with Crippen LogP contribution in [0.25, 0.3) is 0 Å². The molecular formula is C8H15BI2. The fourth-order valence-electron chi connectivity index (χ4n) is 1.89. The molecule has 64 valence electrons. The maximum absolute atomic E-state index is 2.64. The van der Waals surface area contributed by atoms with Crippen molar-refractivity contribution in [3.05, 3.63) is 0 Å².